The average molecular weight is 232 g/mol. The van der Waals surface area contributed by atoms with Gasteiger partial charge in [0.05, 0.1) is 0 Å². The third kappa shape index (κ3) is 2.12. The van der Waals surface area contributed by atoms with E-state index < -0.39 is 0 Å². The molecule has 0 spiro atoms. The maximum atomic E-state index is 6.11. The van der Waals surface area contributed by atoms with Crippen LogP contribution in [-0.2, 0) is 0 Å². The van der Waals surface area contributed by atoms with Crippen molar-refractivity contribution in [2.75, 3.05) is 25.9 Å². The van der Waals surface area contributed by atoms with Crippen LogP contribution in [0.4, 0.5) is 5.69 Å². The molecule has 17 heavy (non-hydrogen) atoms. The van der Waals surface area contributed by atoms with E-state index in [2.05, 4.69) is 11.9 Å². The van der Waals surface area contributed by atoms with Crippen molar-refractivity contribution in [1.29, 1.82) is 0 Å². The molecule has 3 atom stereocenters. The Labute approximate surface area is 103 Å². The lowest BCUT2D eigenvalue weighted by Gasteiger charge is -2.20. The van der Waals surface area contributed by atoms with Crippen LogP contribution >= 0.6 is 0 Å². The fourth-order valence-corrected chi connectivity index (χ4v) is 3.31. The van der Waals surface area contributed by atoms with Crippen LogP contribution < -0.4 is 10.5 Å². The molecule has 3 unspecified atom stereocenters. The van der Waals surface area contributed by atoms with Crippen LogP contribution in [-0.4, -0.2) is 31.1 Å². The first-order valence-corrected chi connectivity index (χ1v) is 6.43. The minimum atomic E-state index is 0.397. The molecule has 0 amide bonds. The van der Waals surface area contributed by atoms with Crippen LogP contribution in [0.1, 0.15) is 12.8 Å². The molecule has 0 bridgehead atoms. The van der Waals surface area contributed by atoms with Crippen molar-refractivity contribution in [3.63, 3.8) is 0 Å². The first-order valence-electron chi connectivity index (χ1n) is 6.43. The van der Waals surface area contributed by atoms with Crippen molar-refractivity contribution in [3.05, 3.63) is 24.3 Å². The summed E-state index contributed by atoms with van der Waals surface area (Å²) in [6.07, 6.45) is 2.91. The van der Waals surface area contributed by atoms with E-state index in [9.17, 15) is 0 Å². The summed E-state index contributed by atoms with van der Waals surface area (Å²) in [6.45, 7) is 2.43. The molecule has 1 heterocycles. The standard InChI is InChI=1S/C14H20N2O/c1-16-8-10-2-7-14(13(10)9-16)17-12-5-3-11(15)4-6-12/h3-6,10,13-14H,2,7-9,15H2,1H3. The molecule has 1 saturated carbocycles. The van der Waals surface area contributed by atoms with E-state index in [1.807, 2.05) is 24.3 Å². The minimum Gasteiger partial charge on any atom is -0.490 e. The largest absolute Gasteiger partial charge is 0.490 e. The van der Waals surface area contributed by atoms with Crippen LogP contribution in [0.3, 0.4) is 0 Å². The van der Waals surface area contributed by atoms with Crippen LogP contribution in [0.25, 0.3) is 0 Å². The average Bonchev–Trinajstić information content (AvgIpc) is 2.83. The second-order valence-electron chi connectivity index (χ2n) is 5.45. The normalized spacial score (nSPS) is 32.6. The summed E-state index contributed by atoms with van der Waals surface area (Å²) in [5, 5.41) is 0. The topological polar surface area (TPSA) is 38.5 Å². The zero-order chi connectivity index (χ0) is 11.8. The second-order valence-corrected chi connectivity index (χ2v) is 5.45. The molecule has 92 valence electrons. The molecule has 0 radical (unpaired) electrons. The summed E-state index contributed by atoms with van der Waals surface area (Å²) < 4.78 is 6.11. The number of nitrogens with zero attached hydrogens (tertiary/aromatic N) is 1. The number of benzene rings is 1. The minimum absolute atomic E-state index is 0.397. The summed E-state index contributed by atoms with van der Waals surface area (Å²) in [5.74, 6) is 2.52. The van der Waals surface area contributed by atoms with Gasteiger partial charge in [0, 0.05) is 24.7 Å². The Hall–Kier alpha value is -1.22. The zero-order valence-electron chi connectivity index (χ0n) is 10.3. The molecule has 3 nitrogen and oxygen atoms in total. The van der Waals surface area contributed by atoms with Gasteiger partial charge < -0.3 is 15.4 Å². The van der Waals surface area contributed by atoms with E-state index >= 15 is 0 Å². The van der Waals surface area contributed by atoms with Gasteiger partial charge in [-0.2, -0.15) is 0 Å². The molecular weight excluding hydrogens is 212 g/mol. The van der Waals surface area contributed by atoms with Crippen LogP contribution in [0.5, 0.6) is 5.75 Å². The Bertz CT molecular complexity index is 390. The number of rotatable bonds is 2. The third-order valence-electron chi connectivity index (χ3n) is 4.14. The summed E-state index contributed by atoms with van der Waals surface area (Å²) >= 11 is 0. The van der Waals surface area contributed by atoms with Gasteiger partial charge in [-0.05, 0) is 50.1 Å². The van der Waals surface area contributed by atoms with Crippen LogP contribution in [0, 0.1) is 11.8 Å². The second kappa shape index (κ2) is 4.22. The molecule has 1 saturated heterocycles. The summed E-state index contributed by atoms with van der Waals surface area (Å²) in [6, 6.07) is 7.76. The van der Waals surface area contributed by atoms with E-state index in [-0.39, 0.29) is 0 Å². The summed E-state index contributed by atoms with van der Waals surface area (Å²) in [7, 11) is 2.21. The molecule has 2 fully saturated rings. The van der Waals surface area contributed by atoms with Crippen molar-refractivity contribution in [1.82, 2.24) is 4.90 Å². The van der Waals surface area contributed by atoms with Gasteiger partial charge in [-0.15, -0.1) is 0 Å². The van der Waals surface area contributed by atoms with Gasteiger partial charge in [-0.25, -0.2) is 0 Å². The zero-order valence-corrected chi connectivity index (χ0v) is 10.3. The number of anilines is 1. The van der Waals surface area contributed by atoms with Gasteiger partial charge in [-0.1, -0.05) is 0 Å². The maximum absolute atomic E-state index is 6.11. The quantitative estimate of drug-likeness (QED) is 0.792. The van der Waals surface area contributed by atoms with E-state index in [4.69, 9.17) is 10.5 Å². The number of hydrogen-bond donors (Lipinski definition) is 1. The monoisotopic (exact) mass is 232 g/mol. The van der Waals surface area contributed by atoms with Crippen molar-refractivity contribution < 1.29 is 4.74 Å². The number of fused-ring (bicyclic) bond motifs is 1. The van der Waals surface area contributed by atoms with Gasteiger partial charge in [0.25, 0.3) is 0 Å². The lowest BCUT2D eigenvalue weighted by Crippen LogP contribution is -2.26. The lowest BCUT2D eigenvalue weighted by atomic mass is 9.99. The van der Waals surface area contributed by atoms with E-state index in [0.29, 0.717) is 6.10 Å². The van der Waals surface area contributed by atoms with Crippen LogP contribution in [0.15, 0.2) is 24.3 Å². The number of nitrogens with two attached hydrogens (primary N) is 1. The van der Waals surface area contributed by atoms with E-state index in [1.165, 1.54) is 25.9 Å². The molecule has 0 aromatic heterocycles. The molecular formula is C14H20N2O. The van der Waals surface area contributed by atoms with Crippen molar-refractivity contribution >= 4 is 5.69 Å². The molecule has 3 heteroatoms. The number of nitrogen functional groups attached to an aromatic ring is 1. The summed E-state index contributed by atoms with van der Waals surface area (Å²) in [4.78, 5) is 2.42. The molecule has 1 aliphatic heterocycles. The lowest BCUT2D eigenvalue weighted by molar-refractivity contribution is 0.151. The van der Waals surface area contributed by atoms with Gasteiger partial charge in [-0.3, -0.25) is 0 Å². The Morgan fingerprint density at radius 3 is 2.71 bits per heavy atom. The van der Waals surface area contributed by atoms with Gasteiger partial charge in [0.2, 0.25) is 0 Å². The van der Waals surface area contributed by atoms with E-state index in [0.717, 1.165) is 23.3 Å². The Morgan fingerprint density at radius 2 is 1.94 bits per heavy atom. The molecule has 3 rings (SSSR count). The van der Waals surface area contributed by atoms with Crippen molar-refractivity contribution in [3.8, 4) is 5.75 Å². The highest BCUT2D eigenvalue weighted by atomic mass is 16.5. The molecule has 1 aliphatic carbocycles. The highest BCUT2D eigenvalue weighted by Gasteiger charge is 2.42. The van der Waals surface area contributed by atoms with Gasteiger partial charge >= 0.3 is 0 Å². The van der Waals surface area contributed by atoms with Gasteiger partial charge in [0.15, 0.2) is 0 Å². The first-order chi connectivity index (χ1) is 8.22. The number of hydrogen-bond acceptors (Lipinski definition) is 3. The molecule has 1 aromatic rings. The molecule has 2 aliphatic rings. The van der Waals surface area contributed by atoms with Crippen molar-refractivity contribution in [2.45, 2.75) is 18.9 Å². The summed E-state index contributed by atoms with van der Waals surface area (Å²) in [5.41, 5.74) is 6.47. The Morgan fingerprint density at radius 1 is 1.18 bits per heavy atom. The SMILES string of the molecule is CN1CC2CCC(Oc3ccc(N)cc3)C2C1. The predicted molar refractivity (Wildman–Crippen MR) is 69.0 cm³/mol. The van der Waals surface area contributed by atoms with Crippen LogP contribution in [0.2, 0.25) is 0 Å². The fourth-order valence-electron chi connectivity index (χ4n) is 3.31. The molecule has 2 N–H and O–H groups in total. The molecule has 1 aromatic carbocycles. The Balaban J connectivity index is 1.68. The third-order valence-corrected chi connectivity index (χ3v) is 4.14. The Kier molecular flexibility index (Phi) is 2.71. The highest BCUT2D eigenvalue weighted by Crippen LogP contribution is 2.39. The van der Waals surface area contributed by atoms with Gasteiger partial charge in [0.1, 0.15) is 11.9 Å². The number of likely N-dealkylation sites (tertiary alicyclic amines) is 1. The number of ether oxygens (including phenoxy) is 1. The van der Waals surface area contributed by atoms with E-state index in [1.54, 1.807) is 0 Å². The highest BCUT2D eigenvalue weighted by molar-refractivity contribution is 5.41. The van der Waals surface area contributed by atoms with Crippen molar-refractivity contribution in [2.24, 2.45) is 11.8 Å². The smallest absolute Gasteiger partial charge is 0.119 e. The maximum Gasteiger partial charge on any atom is 0.119 e. The predicted octanol–water partition coefficient (Wildman–Crippen LogP) is 1.99. The fraction of sp³-hybridized carbons (Fsp3) is 0.571. The first kappa shape index (κ1) is 10.9.